The predicted octanol–water partition coefficient (Wildman–Crippen LogP) is 2.97. The van der Waals surface area contributed by atoms with E-state index >= 15 is 0 Å². The van der Waals surface area contributed by atoms with Crippen molar-refractivity contribution in [1.82, 2.24) is 19.4 Å². The van der Waals surface area contributed by atoms with E-state index in [1.807, 2.05) is 12.3 Å². The number of hydrogen-bond donors (Lipinski definition) is 0. The summed E-state index contributed by atoms with van der Waals surface area (Å²) < 4.78 is 2.34. The summed E-state index contributed by atoms with van der Waals surface area (Å²) >= 11 is 0. The number of nitrogens with zero attached hydrogens (tertiary/aromatic N) is 4. The van der Waals surface area contributed by atoms with Crippen molar-refractivity contribution in [3.63, 3.8) is 0 Å². The van der Waals surface area contributed by atoms with E-state index in [4.69, 9.17) is 4.98 Å². The molecule has 2 aromatic rings. The van der Waals surface area contributed by atoms with Gasteiger partial charge in [0.25, 0.3) is 0 Å². The minimum Gasteiger partial charge on any atom is -0.312 e. The highest BCUT2D eigenvalue weighted by molar-refractivity contribution is 5.71. The molecule has 0 N–H and O–H groups in total. The van der Waals surface area contributed by atoms with Gasteiger partial charge in [-0.15, -0.1) is 0 Å². The smallest absolute Gasteiger partial charge is 0.159 e. The van der Waals surface area contributed by atoms with Crippen LogP contribution in [-0.4, -0.2) is 39.6 Å². The topological polar surface area (TPSA) is 34.0 Å². The molecule has 1 saturated heterocycles. The molecule has 21 heavy (non-hydrogen) atoms. The van der Waals surface area contributed by atoms with Crippen LogP contribution >= 0.6 is 0 Å². The van der Waals surface area contributed by atoms with Gasteiger partial charge in [0.1, 0.15) is 11.3 Å². The van der Waals surface area contributed by atoms with Crippen molar-refractivity contribution >= 4 is 11.2 Å². The molecule has 0 spiro atoms. The summed E-state index contributed by atoms with van der Waals surface area (Å²) in [6.07, 6.45) is 5.58. The summed E-state index contributed by atoms with van der Waals surface area (Å²) in [6, 6.07) is 4.06. The lowest BCUT2D eigenvalue weighted by molar-refractivity contribution is 0.206. The van der Waals surface area contributed by atoms with Crippen LogP contribution < -0.4 is 0 Å². The van der Waals surface area contributed by atoms with Crippen molar-refractivity contribution in [2.45, 2.75) is 39.7 Å². The fourth-order valence-corrected chi connectivity index (χ4v) is 3.42. The maximum atomic E-state index is 4.87. The van der Waals surface area contributed by atoms with E-state index in [2.05, 4.69) is 41.4 Å². The molecule has 3 heterocycles. The molecule has 2 aromatic heterocycles. The second kappa shape index (κ2) is 6.14. The Bertz CT molecular complexity index is 602. The van der Waals surface area contributed by atoms with Crippen LogP contribution in [0.4, 0.5) is 0 Å². The monoisotopic (exact) mass is 286 g/mol. The van der Waals surface area contributed by atoms with Gasteiger partial charge in [0, 0.05) is 25.7 Å². The van der Waals surface area contributed by atoms with E-state index in [1.54, 1.807) is 0 Å². The Morgan fingerprint density at radius 1 is 1.38 bits per heavy atom. The van der Waals surface area contributed by atoms with Crippen molar-refractivity contribution in [2.75, 3.05) is 20.1 Å². The Morgan fingerprint density at radius 3 is 3.00 bits per heavy atom. The first-order chi connectivity index (χ1) is 10.1. The van der Waals surface area contributed by atoms with E-state index in [0.717, 1.165) is 30.0 Å². The Labute approximate surface area is 127 Å². The molecule has 4 nitrogen and oxygen atoms in total. The largest absolute Gasteiger partial charge is 0.312 e. The van der Waals surface area contributed by atoms with Crippen molar-refractivity contribution < 1.29 is 0 Å². The Hall–Kier alpha value is -1.42. The highest BCUT2D eigenvalue weighted by Crippen LogP contribution is 2.23. The molecule has 3 rings (SSSR count). The number of pyridine rings is 1. The van der Waals surface area contributed by atoms with Crippen molar-refractivity contribution in [3.8, 4) is 0 Å². The number of imidazole rings is 1. The Kier molecular flexibility index (Phi) is 4.24. The number of piperidine rings is 1. The van der Waals surface area contributed by atoms with Crippen LogP contribution in [0.2, 0.25) is 0 Å². The lowest BCUT2D eigenvalue weighted by atomic mass is 9.95. The van der Waals surface area contributed by atoms with Gasteiger partial charge < -0.3 is 9.47 Å². The van der Waals surface area contributed by atoms with Crippen LogP contribution in [0, 0.1) is 11.8 Å². The lowest BCUT2D eigenvalue weighted by Crippen LogP contribution is -2.33. The van der Waals surface area contributed by atoms with E-state index in [9.17, 15) is 0 Å². The van der Waals surface area contributed by atoms with Gasteiger partial charge in [-0.25, -0.2) is 9.97 Å². The first-order valence-electron chi connectivity index (χ1n) is 8.12. The maximum absolute atomic E-state index is 4.87. The number of aromatic nitrogens is 3. The van der Waals surface area contributed by atoms with Crippen molar-refractivity contribution in [1.29, 1.82) is 0 Å². The molecule has 1 fully saturated rings. The van der Waals surface area contributed by atoms with Gasteiger partial charge >= 0.3 is 0 Å². The average Bonchev–Trinajstić information content (AvgIpc) is 2.76. The number of fused-ring (bicyclic) bond motifs is 1. The van der Waals surface area contributed by atoms with Crippen LogP contribution in [0.25, 0.3) is 11.2 Å². The van der Waals surface area contributed by atoms with E-state index in [1.165, 1.54) is 31.8 Å². The van der Waals surface area contributed by atoms with Crippen LogP contribution in [-0.2, 0) is 13.0 Å². The molecule has 1 aliphatic rings. The molecule has 4 heteroatoms. The Morgan fingerprint density at radius 2 is 2.24 bits per heavy atom. The average molecular weight is 286 g/mol. The molecule has 0 amide bonds. The van der Waals surface area contributed by atoms with Crippen molar-refractivity contribution in [3.05, 3.63) is 24.2 Å². The number of hydrogen-bond acceptors (Lipinski definition) is 3. The quantitative estimate of drug-likeness (QED) is 0.866. The molecule has 114 valence electrons. The molecule has 1 atom stereocenters. The van der Waals surface area contributed by atoms with Crippen LogP contribution in [0.1, 0.15) is 32.5 Å². The molecule has 1 aliphatic heterocycles. The third-order valence-electron chi connectivity index (χ3n) is 4.32. The highest BCUT2D eigenvalue weighted by atomic mass is 15.1. The molecule has 0 bridgehead atoms. The zero-order valence-electron chi connectivity index (χ0n) is 13.4. The molecule has 1 unspecified atom stereocenters. The van der Waals surface area contributed by atoms with Crippen LogP contribution in [0.5, 0.6) is 0 Å². The summed E-state index contributed by atoms with van der Waals surface area (Å²) in [4.78, 5) is 11.9. The summed E-state index contributed by atoms with van der Waals surface area (Å²) in [6.45, 7) is 7.95. The van der Waals surface area contributed by atoms with E-state index in [-0.39, 0.29) is 0 Å². The fourth-order valence-electron chi connectivity index (χ4n) is 3.42. The molecular weight excluding hydrogens is 260 g/mol. The van der Waals surface area contributed by atoms with Gasteiger partial charge in [0.2, 0.25) is 0 Å². The standard InChI is InChI=1S/C17H26N4/c1-13(2)11-21-16(10-14-6-5-9-20(3)12-14)19-15-7-4-8-18-17(15)21/h4,7-8,13-14H,5-6,9-12H2,1-3H3. The van der Waals surface area contributed by atoms with Crippen molar-refractivity contribution in [2.24, 2.45) is 11.8 Å². The first-order valence-corrected chi connectivity index (χ1v) is 8.12. The summed E-state index contributed by atoms with van der Waals surface area (Å²) in [7, 11) is 2.23. The third-order valence-corrected chi connectivity index (χ3v) is 4.32. The van der Waals surface area contributed by atoms with Gasteiger partial charge in [0.15, 0.2) is 5.65 Å². The van der Waals surface area contributed by atoms with Crippen LogP contribution in [0.3, 0.4) is 0 Å². The summed E-state index contributed by atoms with van der Waals surface area (Å²) in [5.74, 6) is 2.56. The minimum atomic E-state index is 0.609. The van der Waals surface area contributed by atoms with E-state index < -0.39 is 0 Å². The maximum Gasteiger partial charge on any atom is 0.159 e. The lowest BCUT2D eigenvalue weighted by Gasteiger charge is -2.29. The molecular formula is C17H26N4. The number of rotatable bonds is 4. The highest BCUT2D eigenvalue weighted by Gasteiger charge is 2.21. The SMILES string of the molecule is CC(C)Cn1c(CC2CCCN(C)C2)nc2cccnc21. The zero-order chi connectivity index (χ0) is 14.8. The second-order valence-electron chi connectivity index (χ2n) is 6.85. The minimum absolute atomic E-state index is 0.609. The molecule has 0 saturated carbocycles. The zero-order valence-corrected chi connectivity index (χ0v) is 13.4. The van der Waals surface area contributed by atoms with Gasteiger partial charge in [-0.1, -0.05) is 13.8 Å². The molecule has 0 radical (unpaired) electrons. The fraction of sp³-hybridized carbons (Fsp3) is 0.647. The predicted molar refractivity (Wildman–Crippen MR) is 86.3 cm³/mol. The first kappa shape index (κ1) is 14.5. The van der Waals surface area contributed by atoms with Gasteiger partial charge in [0.05, 0.1) is 0 Å². The number of likely N-dealkylation sites (tertiary alicyclic amines) is 1. The Balaban J connectivity index is 1.89. The van der Waals surface area contributed by atoms with Crippen LogP contribution in [0.15, 0.2) is 18.3 Å². The molecule has 0 aliphatic carbocycles. The van der Waals surface area contributed by atoms with Gasteiger partial charge in [-0.05, 0) is 50.4 Å². The van der Waals surface area contributed by atoms with Gasteiger partial charge in [-0.2, -0.15) is 0 Å². The summed E-state index contributed by atoms with van der Waals surface area (Å²) in [5.41, 5.74) is 2.09. The normalized spacial score (nSPS) is 20.5. The van der Waals surface area contributed by atoms with Gasteiger partial charge in [-0.3, -0.25) is 0 Å². The summed E-state index contributed by atoms with van der Waals surface area (Å²) in [5, 5.41) is 0. The van der Waals surface area contributed by atoms with E-state index in [0.29, 0.717) is 5.92 Å². The third kappa shape index (κ3) is 3.26. The second-order valence-corrected chi connectivity index (χ2v) is 6.85. The molecule has 0 aromatic carbocycles.